The lowest BCUT2D eigenvalue weighted by molar-refractivity contribution is 0.0601. The summed E-state index contributed by atoms with van der Waals surface area (Å²) in [4.78, 5) is 13.0. The van der Waals surface area contributed by atoms with Crippen LogP contribution in [0.25, 0.3) is 16.7 Å². The Labute approximate surface area is 139 Å². The zero-order chi connectivity index (χ0) is 17.5. The Morgan fingerprint density at radius 2 is 1.79 bits per heavy atom. The molecule has 1 N–H and O–H groups in total. The number of rotatable bonds is 2. The van der Waals surface area contributed by atoms with Gasteiger partial charge in [-0.15, -0.1) is 15.0 Å². The number of benzene rings is 2. The number of hydrogen-bond acceptors (Lipinski definition) is 5. The molecule has 0 unspecified atom stereocenters. The van der Waals surface area contributed by atoms with Gasteiger partial charge in [0.25, 0.3) is 0 Å². The number of nitrogens with zero attached hydrogens (tertiary/aromatic N) is 3. The summed E-state index contributed by atoms with van der Waals surface area (Å²) in [7, 11) is 1.33. The minimum Gasteiger partial charge on any atom is -0.506 e. The molecule has 3 rings (SSSR count). The Morgan fingerprint density at radius 3 is 2.46 bits per heavy atom. The average Bonchev–Trinajstić information content (AvgIpc) is 2.96. The quantitative estimate of drug-likeness (QED) is 0.732. The lowest BCUT2D eigenvalue weighted by atomic mass is 9.87. The number of hydrogen-bond donors (Lipinski definition) is 1. The predicted octanol–water partition coefficient (Wildman–Crippen LogP) is 3.21. The number of esters is 1. The van der Waals surface area contributed by atoms with Crippen molar-refractivity contribution >= 4 is 17.0 Å². The molecule has 2 aromatic carbocycles. The van der Waals surface area contributed by atoms with Crippen molar-refractivity contribution in [2.45, 2.75) is 26.2 Å². The summed E-state index contributed by atoms with van der Waals surface area (Å²) in [5.41, 5.74) is 3.09. The van der Waals surface area contributed by atoms with Crippen LogP contribution in [0.3, 0.4) is 0 Å². The van der Waals surface area contributed by atoms with E-state index in [9.17, 15) is 9.90 Å². The van der Waals surface area contributed by atoms with Gasteiger partial charge in [-0.05, 0) is 41.3 Å². The standard InChI is InChI=1S/C18H19N3O3/c1-18(2,3)12-6-8-16(22)15(10-12)21-19-13-7-5-11(17(23)24-4)9-14(13)20-21/h5-10,22H,1-4H3. The molecule has 0 bridgehead atoms. The van der Waals surface area contributed by atoms with Crippen LogP contribution in [0, 0.1) is 0 Å². The zero-order valence-electron chi connectivity index (χ0n) is 14.1. The Hall–Kier alpha value is -2.89. The van der Waals surface area contributed by atoms with Crippen LogP contribution in [0.5, 0.6) is 5.75 Å². The number of methoxy groups -OCH3 is 1. The van der Waals surface area contributed by atoms with E-state index < -0.39 is 5.97 Å². The van der Waals surface area contributed by atoms with E-state index in [1.165, 1.54) is 11.9 Å². The van der Waals surface area contributed by atoms with Crippen LogP contribution >= 0.6 is 0 Å². The first kappa shape index (κ1) is 16.0. The summed E-state index contributed by atoms with van der Waals surface area (Å²) in [5, 5.41) is 19.0. The molecule has 0 fully saturated rings. The highest BCUT2D eigenvalue weighted by Gasteiger charge is 2.18. The van der Waals surface area contributed by atoms with Gasteiger partial charge in [-0.25, -0.2) is 4.79 Å². The number of aromatic hydroxyl groups is 1. The smallest absolute Gasteiger partial charge is 0.337 e. The Bertz CT molecular complexity index is 923. The summed E-state index contributed by atoms with van der Waals surface area (Å²) in [6.07, 6.45) is 0. The van der Waals surface area contributed by atoms with Crippen LogP contribution in [0.4, 0.5) is 0 Å². The zero-order valence-corrected chi connectivity index (χ0v) is 14.1. The Balaban J connectivity index is 2.11. The van der Waals surface area contributed by atoms with Gasteiger partial charge in [0.05, 0.1) is 12.7 Å². The van der Waals surface area contributed by atoms with Gasteiger partial charge in [-0.2, -0.15) is 0 Å². The summed E-state index contributed by atoms with van der Waals surface area (Å²) in [6.45, 7) is 6.29. The molecule has 0 amide bonds. The fraction of sp³-hybridized carbons (Fsp3) is 0.278. The van der Waals surface area contributed by atoms with Gasteiger partial charge in [0, 0.05) is 0 Å². The molecule has 0 saturated heterocycles. The van der Waals surface area contributed by atoms with Gasteiger partial charge in [-0.3, -0.25) is 0 Å². The van der Waals surface area contributed by atoms with Crippen LogP contribution in [-0.2, 0) is 10.2 Å². The molecule has 0 spiro atoms. The Morgan fingerprint density at radius 1 is 1.08 bits per heavy atom. The van der Waals surface area contributed by atoms with E-state index in [1.54, 1.807) is 24.3 Å². The second-order valence-electron chi connectivity index (χ2n) is 6.64. The summed E-state index contributed by atoms with van der Waals surface area (Å²) in [5.74, 6) is -0.333. The molecule has 0 saturated carbocycles. The van der Waals surface area contributed by atoms with Crippen LogP contribution < -0.4 is 0 Å². The number of ether oxygens (including phenoxy) is 1. The average molecular weight is 325 g/mol. The van der Waals surface area contributed by atoms with E-state index in [2.05, 4.69) is 31.0 Å². The van der Waals surface area contributed by atoms with Crippen LogP contribution in [0.15, 0.2) is 36.4 Å². The van der Waals surface area contributed by atoms with Crippen LogP contribution in [0.2, 0.25) is 0 Å². The number of aromatic nitrogens is 3. The van der Waals surface area contributed by atoms with E-state index in [1.807, 2.05) is 12.1 Å². The van der Waals surface area contributed by atoms with Gasteiger partial charge < -0.3 is 9.84 Å². The van der Waals surface area contributed by atoms with E-state index >= 15 is 0 Å². The molecule has 0 aliphatic rings. The fourth-order valence-electron chi connectivity index (χ4n) is 2.42. The van der Waals surface area contributed by atoms with Gasteiger partial charge >= 0.3 is 5.97 Å². The van der Waals surface area contributed by atoms with E-state index in [0.717, 1.165) is 5.56 Å². The number of phenols is 1. The maximum atomic E-state index is 11.6. The fourth-order valence-corrected chi connectivity index (χ4v) is 2.42. The van der Waals surface area contributed by atoms with Crippen molar-refractivity contribution in [3.05, 3.63) is 47.5 Å². The molecular formula is C18H19N3O3. The number of carbonyl (C=O) groups excluding carboxylic acids is 1. The molecule has 24 heavy (non-hydrogen) atoms. The first-order valence-corrected chi connectivity index (χ1v) is 7.59. The first-order chi connectivity index (χ1) is 11.3. The highest BCUT2D eigenvalue weighted by molar-refractivity contribution is 5.93. The minimum atomic E-state index is -0.427. The minimum absolute atomic E-state index is 0.0624. The number of phenolic OH excluding ortho intramolecular Hbond substituents is 1. The molecule has 1 heterocycles. The molecule has 0 aliphatic heterocycles. The Kier molecular flexibility index (Phi) is 3.75. The normalized spacial score (nSPS) is 11.7. The maximum absolute atomic E-state index is 11.6. The first-order valence-electron chi connectivity index (χ1n) is 7.59. The van der Waals surface area contributed by atoms with Crippen molar-refractivity contribution in [1.29, 1.82) is 0 Å². The molecule has 1 aromatic heterocycles. The second-order valence-corrected chi connectivity index (χ2v) is 6.64. The largest absolute Gasteiger partial charge is 0.506 e. The van der Waals surface area contributed by atoms with E-state index in [0.29, 0.717) is 22.3 Å². The molecule has 6 heteroatoms. The van der Waals surface area contributed by atoms with E-state index in [-0.39, 0.29) is 11.2 Å². The van der Waals surface area contributed by atoms with Crippen molar-refractivity contribution in [1.82, 2.24) is 15.0 Å². The van der Waals surface area contributed by atoms with E-state index in [4.69, 9.17) is 4.74 Å². The highest BCUT2D eigenvalue weighted by atomic mass is 16.5. The molecule has 0 atom stereocenters. The van der Waals surface area contributed by atoms with Gasteiger partial charge in [0.1, 0.15) is 22.5 Å². The van der Waals surface area contributed by atoms with Crippen molar-refractivity contribution < 1.29 is 14.6 Å². The van der Waals surface area contributed by atoms with Crippen molar-refractivity contribution in [2.75, 3.05) is 7.11 Å². The molecule has 6 nitrogen and oxygen atoms in total. The lowest BCUT2D eigenvalue weighted by Crippen LogP contribution is -2.12. The van der Waals surface area contributed by atoms with Crippen molar-refractivity contribution in [2.24, 2.45) is 0 Å². The predicted molar refractivity (Wildman–Crippen MR) is 90.6 cm³/mol. The van der Waals surface area contributed by atoms with Crippen LogP contribution in [0.1, 0.15) is 36.7 Å². The second kappa shape index (κ2) is 5.63. The van der Waals surface area contributed by atoms with Crippen LogP contribution in [-0.4, -0.2) is 33.2 Å². The van der Waals surface area contributed by atoms with Gasteiger partial charge in [0.2, 0.25) is 0 Å². The summed E-state index contributed by atoms with van der Waals surface area (Å²) in [6, 6.07) is 10.4. The number of carbonyl (C=O) groups is 1. The van der Waals surface area contributed by atoms with Gasteiger partial charge in [0.15, 0.2) is 0 Å². The lowest BCUT2D eigenvalue weighted by Gasteiger charge is -2.19. The molecule has 0 aliphatic carbocycles. The summed E-state index contributed by atoms with van der Waals surface area (Å²) < 4.78 is 4.71. The third-order valence-corrected chi connectivity index (χ3v) is 3.86. The third-order valence-electron chi connectivity index (χ3n) is 3.86. The summed E-state index contributed by atoms with van der Waals surface area (Å²) >= 11 is 0. The van der Waals surface area contributed by atoms with Crippen molar-refractivity contribution in [3.63, 3.8) is 0 Å². The highest BCUT2D eigenvalue weighted by Crippen LogP contribution is 2.29. The van der Waals surface area contributed by atoms with Crippen molar-refractivity contribution in [3.8, 4) is 11.4 Å². The third kappa shape index (κ3) is 2.82. The maximum Gasteiger partial charge on any atom is 0.337 e. The molecular weight excluding hydrogens is 306 g/mol. The SMILES string of the molecule is COC(=O)c1ccc2nn(-c3cc(C(C)(C)C)ccc3O)nc2c1. The molecule has 124 valence electrons. The molecule has 3 aromatic rings. The number of fused-ring (bicyclic) bond motifs is 1. The monoisotopic (exact) mass is 325 g/mol. The topological polar surface area (TPSA) is 77.2 Å². The van der Waals surface area contributed by atoms with Gasteiger partial charge in [-0.1, -0.05) is 26.8 Å². The molecule has 0 radical (unpaired) electrons.